The van der Waals surface area contributed by atoms with E-state index in [4.69, 9.17) is 4.74 Å². The molecule has 4 nitrogen and oxygen atoms in total. The second-order valence-electron chi connectivity index (χ2n) is 4.41. The summed E-state index contributed by atoms with van der Waals surface area (Å²) < 4.78 is 6.52. The maximum atomic E-state index is 11.9. The quantitative estimate of drug-likeness (QED) is 0.898. The minimum Gasteiger partial charge on any atom is -0.375 e. The number of ether oxygens (including phenoxy) is 1. The lowest BCUT2D eigenvalue weighted by Crippen LogP contribution is -2.40. The summed E-state index contributed by atoms with van der Waals surface area (Å²) >= 11 is 3.40. The van der Waals surface area contributed by atoms with E-state index in [1.165, 1.54) is 0 Å². The Labute approximate surface area is 115 Å². The zero-order valence-electron chi connectivity index (χ0n) is 10.3. The first kappa shape index (κ1) is 13.5. The highest BCUT2D eigenvalue weighted by atomic mass is 79.9. The van der Waals surface area contributed by atoms with E-state index in [0.29, 0.717) is 13.0 Å². The van der Waals surface area contributed by atoms with Crippen LogP contribution in [0.1, 0.15) is 12.0 Å². The Morgan fingerprint density at radius 3 is 3.11 bits per heavy atom. The molecule has 18 heavy (non-hydrogen) atoms. The van der Waals surface area contributed by atoms with Crippen LogP contribution in [0.2, 0.25) is 0 Å². The van der Waals surface area contributed by atoms with Crippen molar-refractivity contribution < 1.29 is 9.53 Å². The molecule has 0 radical (unpaired) electrons. The van der Waals surface area contributed by atoms with E-state index >= 15 is 0 Å². The summed E-state index contributed by atoms with van der Waals surface area (Å²) in [6, 6.07) is 5.80. The molecule has 0 aromatic heterocycles. The zero-order chi connectivity index (χ0) is 13.0. The minimum absolute atomic E-state index is 0.00544. The number of hydrogen-bond donors (Lipinski definition) is 2. The maximum absolute atomic E-state index is 11.9. The van der Waals surface area contributed by atoms with Crippen molar-refractivity contribution in [1.29, 1.82) is 0 Å². The number of nitrogens with one attached hydrogen (secondary N) is 2. The Kier molecular flexibility index (Phi) is 4.74. The fourth-order valence-corrected chi connectivity index (χ4v) is 2.40. The van der Waals surface area contributed by atoms with E-state index in [0.717, 1.165) is 28.8 Å². The van der Waals surface area contributed by atoms with Gasteiger partial charge in [-0.3, -0.25) is 4.79 Å². The molecule has 1 amide bonds. The molecule has 1 aromatic rings. The molecule has 1 atom stereocenters. The highest BCUT2D eigenvalue weighted by Crippen LogP contribution is 2.20. The van der Waals surface area contributed by atoms with Crippen LogP contribution >= 0.6 is 15.9 Å². The summed E-state index contributed by atoms with van der Waals surface area (Å²) in [4.78, 5) is 11.9. The number of amides is 1. The molecular weight excluding hydrogens is 296 g/mol. The summed E-state index contributed by atoms with van der Waals surface area (Å²) in [6.07, 6.45) is 0.372. The third-order valence-electron chi connectivity index (χ3n) is 2.88. The highest BCUT2D eigenvalue weighted by Gasteiger charge is 2.17. The number of hydrogen-bond acceptors (Lipinski definition) is 3. The minimum atomic E-state index is -0.0190. The number of morpholine rings is 1. The molecule has 1 unspecified atom stereocenters. The largest absolute Gasteiger partial charge is 0.375 e. The highest BCUT2D eigenvalue weighted by molar-refractivity contribution is 9.10. The molecule has 0 bridgehead atoms. The first-order chi connectivity index (χ1) is 8.65. The van der Waals surface area contributed by atoms with Crippen molar-refractivity contribution >= 4 is 27.5 Å². The Morgan fingerprint density at radius 2 is 2.44 bits per heavy atom. The summed E-state index contributed by atoms with van der Waals surface area (Å²) in [5.41, 5.74) is 1.90. The van der Waals surface area contributed by atoms with Crippen LogP contribution in [0.3, 0.4) is 0 Å². The summed E-state index contributed by atoms with van der Waals surface area (Å²) in [7, 11) is 0. The van der Waals surface area contributed by atoms with Crippen LogP contribution < -0.4 is 10.6 Å². The molecule has 1 aromatic carbocycles. The van der Waals surface area contributed by atoms with Gasteiger partial charge in [-0.2, -0.15) is 0 Å². The molecule has 1 fully saturated rings. The lowest BCUT2D eigenvalue weighted by atomic mass is 10.1. The van der Waals surface area contributed by atoms with Crippen molar-refractivity contribution in [2.45, 2.75) is 19.4 Å². The van der Waals surface area contributed by atoms with Gasteiger partial charge in [-0.15, -0.1) is 0 Å². The van der Waals surface area contributed by atoms with Gasteiger partial charge in [0.2, 0.25) is 5.91 Å². The van der Waals surface area contributed by atoms with Gasteiger partial charge in [-0.25, -0.2) is 0 Å². The summed E-state index contributed by atoms with van der Waals surface area (Å²) in [5, 5.41) is 6.13. The molecule has 1 heterocycles. The van der Waals surface area contributed by atoms with Crippen LogP contribution in [-0.4, -0.2) is 31.7 Å². The predicted molar refractivity (Wildman–Crippen MR) is 74.7 cm³/mol. The average molecular weight is 313 g/mol. The average Bonchev–Trinajstić information content (AvgIpc) is 2.34. The number of benzene rings is 1. The molecule has 1 saturated heterocycles. The first-order valence-electron chi connectivity index (χ1n) is 6.03. The monoisotopic (exact) mass is 312 g/mol. The van der Waals surface area contributed by atoms with Crippen molar-refractivity contribution in [2.24, 2.45) is 0 Å². The van der Waals surface area contributed by atoms with Crippen LogP contribution in [0.4, 0.5) is 5.69 Å². The van der Waals surface area contributed by atoms with E-state index in [9.17, 15) is 4.79 Å². The lowest BCUT2D eigenvalue weighted by molar-refractivity contribution is -0.119. The van der Waals surface area contributed by atoms with Gasteiger partial charge in [0.25, 0.3) is 0 Å². The fourth-order valence-electron chi connectivity index (χ4n) is 1.93. The first-order valence-corrected chi connectivity index (χ1v) is 6.83. The number of anilines is 1. The van der Waals surface area contributed by atoms with Crippen molar-refractivity contribution in [3.8, 4) is 0 Å². The summed E-state index contributed by atoms with van der Waals surface area (Å²) in [6.45, 7) is 4.25. The van der Waals surface area contributed by atoms with Crippen molar-refractivity contribution in [2.75, 3.05) is 25.0 Å². The molecule has 2 N–H and O–H groups in total. The number of carbonyl (C=O) groups excluding carboxylic acids is 1. The van der Waals surface area contributed by atoms with Crippen molar-refractivity contribution in [1.82, 2.24) is 5.32 Å². The van der Waals surface area contributed by atoms with Crippen molar-refractivity contribution in [3.63, 3.8) is 0 Å². The Bertz CT molecular complexity index is 431. The van der Waals surface area contributed by atoms with Crippen LogP contribution in [0.25, 0.3) is 0 Å². The molecule has 5 heteroatoms. The number of aryl methyl sites for hydroxylation is 1. The molecule has 1 aliphatic rings. The Balaban J connectivity index is 1.90. The second kappa shape index (κ2) is 6.31. The number of carbonyl (C=O) groups is 1. The van der Waals surface area contributed by atoms with E-state index < -0.39 is 0 Å². The van der Waals surface area contributed by atoms with E-state index in [-0.39, 0.29) is 12.0 Å². The standard InChI is InChI=1S/C13H17BrN2O2/c1-9-6-10(14)2-3-12(9)16-13(17)7-11-8-15-4-5-18-11/h2-3,6,11,15H,4-5,7-8H2,1H3,(H,16,17). The molecule has 0 spiro atoms. The predicted octanol–water partition coefficient (Wildman–Crippen LogP) is 2.07. The van der Waals surface area contributed by atoms with Crippen molar-refractivity contribution in [3.05, 3.63) is 28.2 Å². The number of rotatable bonds is 3. The molecular formula is C13H17BrN2O2. The third kappa shape index (κ3) is 3.80. The lowest BCUT2D eigenvalue weighted by Gasteiger charge is -2.23. The Morgan fingerprint density at radius 1 is 1.61 bits per heavy atom. The van der Waals surface area contributed by atoms with Crippen LogP contribution in [0.5, 0.6) is 0 Å². The van der Waals surface area contributed by atoms with Gasteiger partial charge in [0.15, 0.2) is 0 Å². The van der Waals surface area contributed by atoms with Gasteiger partial charge in [0, 0.05) is 23.2 Å². The van der Waals surface area contributed by atoms with Gasteiger partial charge in [0.05, 0.1) is 19.1 Å². The van der Waals surface area contributed by atoms with Gasteiger partial charge in [-0.05, 0) is 30.7 Å². The van der Waals surface area contributed by atoms with Gasteiger partial charge in [0.1, 0.15) is 0 Å². The smallest absolute Gasteiger partial charge is 0.227 e. The van der Waals surface area contributed by atoms with Gasteiger partial charge >= 0.3 is 0 Å². The van der Waals surface area contributed by atoms with Gasteiger partial charge < -0.3 is 15.4 Å². The molecule has 0 aliphatic carbocycles. The zero-order valence-corrected chi connectivity index (χ0v) is 11.9. The Hall–Kier alpha value is -0.910. The SMILES string of the molecule is Cc1cc(Br)ccc1NC(=O)CC1CNCCO1. The topological polar surface area (TPSA) is 50.4 Å². The molecule has 98 valence electrons. The second-order valence-corrected chi connectivity index (χ2v) is 5.32. The third-order valence-corrected chi connectivity index (χ3v) is 3.37. The van der Waals surface area contributed by atoms with Crippen LogP contribution in [0.15, 0.2) is 22.7 Å². The van der Waals surface area contributed by atoms with E-state index in [1.807, 2.05) is 25.1 Å². The number of halogens is 1. The van der Waals surface area contributed by atoms with E-state index in [1.54, 1.807) is 0 Å². The normalized spacial score (nSPS) is 19.6. The van der Waals surface area contributed by atoms with Crippen LogP contribution in [0, 0.1) is 6.92 Å². The van der Waals surface area contributed by atoms with E-state index in [2.05, 4.69) is 26.6 Å². The molecule has 1 aliphatic heterocycles. The molecule has 2 rings (SSSR count). The maximum Gasteiger partial charge on any atom is 0.227 e. The summed E-state index contributed by atoms with van der Waals surface area (Å²) in [5.74, 6) is -0.00544. The van der Waals surface area contributed by atoms with Gasteiger partial charge in [-0.1, -0.05) is 15.9 Å². The fraction of sp³-hybridized carbons (Fsp3) is 0.462. The van der Waals surface area contributed by atoms with Crippen LogP contribution in [-0.2, 0) is 9.53 Å². The molecule has 0 saturated carbocycles.